The first-order valence-electron chi connectivity index (χ1n) is 9.54. The summed E-state index contributed by atoms with van der Waals surface area (Å²) in [6, 6.07) is 10.5. The van der Waals surface area contributed by atoms with Crippen LogP contribution in [0, 0.1) is 0 Å². The zero-order valence-electron chi connectivity index (χ0n) is 16.5. The minimum atomic E-state index is -0.185. The molecule has 2 aromatic rings. The molecule has 0 radical (unpaired) electrons. The average Bonchev–Trinajstić information content (AvgIpc) is 2.94. The lowest BCUT2D eigenvalue weighted by atomic mass is 10.1. The second kappa shape index (κ2) is 9.73. The van der Waals surface area contributed by atoms with Crippen LogP contribution >= 0.6 is 11.6 Å². The number of aromatic nitrogens is 1. The molecule has 154 valence electrons. The number of amides is 1. The third kappa shape index (κ3) is 5.47. The summed E-state index contributed by atoms with van der Waals surface area (Å²) in [5, 5.41) is 12.4. The average molecular weight is 416 g/mol. The van der Waals surface area contributed by atoms with Crippen LogP contribution in [0.15, 0.2) is 48.8 Å². The lowest BCUT2D eigenvalue weighted by Gasteiger charge is -2.26. The van der Waals surface area contributed by atoms with E-state index in [0.717, 1.165) is 24.6 Å². The number of hydrogen-bond acceptors (Lipinski definition) is 6. The second-order valence-electron chi connectivity index (χ2n) is 7.10. The van der Waals surface area contributed by atoms with E-state index in [9.17, 15) is 10.0 Å². The fourth-order valence-electron chi connectivity index (χ4n) is 3.32. The highest BCUT2D eigenvalue weighted by Crippen LogP contribution is 2.26. The van der Waals surface area contributed by atoms with Crippen LogP contribution < -0.4 is 5.73 Å². The van der Waals surface area contributed by atoms with Gasteiger partial charge in [0.15, 0.2) is 0 Å². The fourth-order valence-corrected chi connectivity index (χ4v) is 3.45. The molecule has 1 aliphatic rings. The van der Waals surface area contributed by atoms with E-state index < -0.39 is 0 Å². The van der Waals surface area contributed by atoms with Crippen molar-refractivity contribution in [3.8, 4) is 0 Å². The molecule has 0 bridgehead atoms. The number of nitrogens with two attached hydrogens (primary N) is 1. The van der Waals surface area contributed by atoms with Crippen LogP contribution in [0.3, 0.4) is 0 Å². The van der Waals surface area contributed by atoms with Crippen LogP contribution in [-0.4, -0.2) is 70.7 Å². The largest absolute Gasteiger partial charge is 0.396 e. The summed E-state index contributed by atoms with van der Waals surface area (Å²) >= 11 is 5.98. The zero-order valence-corrected chi connectivity index (χ0v) is 17.2. The number of carbonyl (C=O) groups excluding carboxylic acids is 1. The Hall–Kier alpha value is -2.61. The van der Waals surface area contributed by atoms with Crippen LogP contribution in [0.1, 0.15) is 17.5 Å². The molecule has 1 aromatic carbocycles. The van der Waals surface area contributed by atoms with Gasteiger partial charge in [0, 0.05) is 42.6 Å². The third-order valence-corrected chi connectivity index (χ3v) is 5.23. The molecule has 1 aliphatic heterocycles. The summed E-state index contributed by atoms with van der Waals surface area (Å²) in [7, 11) is 2.05. The zero-order chi connectivity index (χ0) is 20.8. The molecule has 8 heteroatoms. The first-order valence-corrected chi connectivity index (χ1v) is 9.92. The summed E-state index contributed by atoms with van der Waals surface area (Å²) in [5.41, 5.74) is 8.47. The van der Waals surface area contributed by atoms with E-state index in [2.05, 4.69) is 9.88 Å². The Labute approximate surface area is 175 Å². The normalized spacial score (nSPS) is 16.2. The van der Waals surface area contributed by atoms with Crippen molar-refractivity contribution in [2.45, 2.75) is 6.42 Å². The second-order valence-corrected chi connectivity index (χ2v) is 7.54. The first kappa shape index (κ1) is 21.1. The molecule has 0 atom stereocenters. The van der Waals surface area contributed by atoms with Gasteiger partial charge in [0.1, 0.15) is 6.54 Å². The van der Waals surface area contributed by atoms with Crippen molar-refractivity contribution in [2.24, 2.45) is 5.73 Å². The van der Waals surface area contributed by atoms with E-state index in [1.165, 1.54) is 0 Å². The molecule has 2 heterocycles. The number of benzene rings is 1. The maximum absolute atomic E-state index is 12.8. The van der Waals surface area contributed by atoms with Crippen LogP contribution in [0.4, 0.5) is 0 Å². The van der Waals surface area contributed by atoms with Crippen molar-refractivity contribution in [3.63, 3.8) is 0 Å². The smallest absolute Gasteiger partial charge is 0.244 e. The van der Waals surface area contributed by atoms with Gasteiger partial charge in [0.2, 0.25) is 5.91 Å². The van der Waals surface area contributed by atoms with Gasteiger partial charge in [-0.1, -0.05) is 23.7 Å². The topological polar surface area (TPSA) is 85.9 Å². The lowest BCUT2D eigenvalue weighted by Crippen LogP contribution is -2.40. The Morgan fingerprint density at radius 2 is 1.79 bits per heavy atom. The van der Waals surface area contributed by atoms with Gasteiger partial charge >= 0.3 is 0 Å². The van der Waals surface area contributed by atoms with Gasteiger partial charge < -0.3 is 15.5 Å². The Bertz CT molecular complexity index is 857. The Morgan fingerprint density at radius 3 is 2.48 bits per heavy atom. The molecule has 0 aliphatic carbocycles. The molecule has 1 amide bonds. The SMILES string of the molecule is CN1CCCN(C(=O)CN(O)/C(=C(\N)c2ccc(Cl)cc2)c2ccncc2)CC1. The molecule has 3 rings (SSSR count). The Morgan fingerprint density at radius 1 is 1.10 bits per heavy atom. The maximum Gasteiger partial charge on any atom is 0.244 e. The van der Waals surface area contributed by atoms with Crippen molar-refractivity contribution in [1.29, 1.82) is 0 Å². The van der Waals surface area contributed by atoms with Crippen LogP contribution in [-0.2, 0) is 4.79 Å². The molecule has 1 aromatic heterocycles. The van der Waals surface area contributed by atoms with Crippen molar-refractivity contribution in [2.75, 3.05) is 39.8 Å². The molecule has 0 saturated carbocycles. The minimum Gasteiger partial charge on any atom is -0.396 e. The number of likely N-dealkylation sites (N-methyl/N-ethyl adjacent to an activating group) is 1. The third-order valence-electron chi connectivity index (χ3n) is 4.98. The first-order chi connectivity index (χ1) is 14.0. The Kier molecular flexibility index (Phi) is 7.09. The van der Waals surface area contributed by atoms with Gasteiger partial charge in [0.25, 0.3) is 0 Å². The molecule has 3 N–H and O–H groups in total. The minimum absolute atomic E-state index is 0.140. The number of nitrogens with zero attached hydrogens (tertiary/aromatic N) is 4. The lowest BCUT2D eigenvalue weighted by molar-refractivity contribution is -0.138. The van der Waals surface area contributed by atoms with Crippen molar-refractivity contribution in [3.05, 3.63) is 64.9 Å². The summed E-state index contributed by atoms with van der Waals surface area (Å²) in [5.74, 6) is -0.140. The number of rotatable bonds is 5. The molecule has 1 fully saturated rings. The van der Waals surface area contributed by atoms with E-state index in [4.69, 9.17) is 17.3 Å². The summed E-state index contributed by atoms with van der Waals surface area (Å²) in [6.45, 7) is 2.91. The van der Waals surface area contributed by atoms with Gasteiger partial charge in [-0.2, -0.15) is 0 Å². The molecule has 1 saturated heterocycles. The van der Waals surface area contributed by atoms with Crippen LogP contribution in [0.25, 0.3) is 11.4 Å². The van der Waals surface area contributed by atoms with Crippen LogP contribution in [0.5, 0.6) is 0 Å². The predicted molar refractivity (Wildman–Crippen MR) is 114 cm³/mol. The number of pyridine rings is 1. The number of carbonyl (C=O) groups is 1. The van der Waals surface area contributed by atoms with Gasteiger partial charge in [-0.3, -0.25) is 15.0 Å². The molecule has 0 spiro atoms. The maximum atomic E-state index is 12.8. The fraction of sp³-hybridized carbons (Fsp3) is 0.333. The standard InChI is InChI=1S/C21H26ClN5O2/c1-25-11-2-12-26(14-13-25)19(28)15-27(29)21(17-7-9-24-10-8-17)20(23)16-3-5-18(22)6-4-16/h3-10,29H,2,11-15,23H2,1H3/b21-20-. The number of halogens is 1. The number of hydroxylamine groups is 2. The van der Waals surface area contributed by atoms with Crippen LogP contribution in [0.2, 0.25) is 5.02 Å². The van der Waals surface area contributed by atoms with E-state index >= 15 is 0 Å². The Balaban J connectivity index is 1.87. The van der Waals surface area contributed by atoms with Gasteiger partial charge in [-0.25, -0.2) is 5.06 Å². The van der Waals surface area contributed by atoms with E-state index in [1.54, 1.807) is 53.7 Å². The van der Waals surface area contributed by atoms with Gasteiger partial charge in [-0.15, -0.1) is 0 Å². The van der Waals surface area contributed by atoms with Crippen molar-refractivity contribution in [1.82, 2.24) is 19.8 Å². The number of hydrogen-bond donors (Lipinski definition) is 2. The highest BCUT2D eigenvalue weighted by atomic mass is 35.5. The van der Waals surface area contributed by atoms with Gasteiger partial charge in [-0.05, 0) is 49.8 Å². The monoisotopic (exact) mass is 415 g/mol. The summed E-state index contributed by atoms with van der Waals surface area (Å²) in [6.07, 6.45) is 4.14. The predicted octanol–water partition coefficient (Wildman–Crippen LogP) is 2.37. The van der Waals surface area contributed by atoms with Crippen molar-refractivity contribution < 1.29 is 10.0 Å². The molecule has 29 heavy (non-hydrogen) atoms. The molecular weight excluding hydrogens is 390 g/mol. The summed E-state index contributed by atoms with van der Waals surface area (Å²) in [4.78, 5) is 20.8. The van der Waals surface area contributed by atoms with Crippen molar-refractivity contribution >= 4 is 28.9 Å². The van der Waals surface area contributed by atoms with E-state index in [-0.39, 0.29) is 12.5 Å². The molecule has 7 nitrogen and oxygen atoms in total. The quantitative estimate of drug-likeness (QED) is 0.729. The molecular formula is C21H26ClN5O2. The van der Waals surface area contributed by atoms with E-state index in [1.807, 2.05) is 7.05 Å². The highest BCUT2D eigenvalue weighted by molar-refractivity contribution is 6.30. The summed E-state index contributed by atoms with van der Waals surface area (Å²) < 4.78 is 0. The van der Waals surface area contributed by atoms with Gasteiger partial charge in [0.05, 0.1) is 11.4 Å². The highest BCUT2D eigenvalue weighted by Gasteiger charge is 2.23. The molecule has 0 unspecified atom stereocenters. The van der Waals surface area contributed by atoms with E-state index in [0.29, 0.717) is 40.6 Å².